The van der Waals surface area contributed by atoms with E-state index in [2.05, 4.69) is 16.8 Å². The first-order chi connectivity index (χ1) is 7.78. The third-order valence-electron chi connectivity index (χ3n) is 3.74. The summed E-state index contributed by atoms with van der Waals surface area (Å²) in [4.78, 5) is 4.87. The Morgan fingerprint density at radius 2 is 1.75 bits per heavy atom. The molecule has 1 heterocycles. The number of hydrogen-bond acceptors (Lipinski definition) is 4. The van der Waals surface area contributed by atoms with Gasteiger partial charge < -0.3 is 14.4 Å². The van der Waals surface area contributed by atoms with Crippen LogP contribution in [0.15, 0.2) is 0 Å². The summed E-state index contributed by atoms with van der Waals surface area (Å²) in [5.41, 5.74) is 0. The summed E-state index contributed by atoms with van der Waals surface area (Å²) in [5.74, 6) is 0. The maximum atomic E-state index is 5.80. The van der Waals surface area contributed by atoms with E-state index in [9.17, 15) is 0 Å². The fraction of sp³-hybridized carbons (Fsp3) is 1.00. The van der Waals surface area contributed by atoms with Gasteiger partial charge in [-0.1, -0.05) is 0 Å². The zero-order valence-electron chi connectivity index (χ0n) is 10.5. The van der Waals surface area contributed by atoms with Gasteiger partial charge in [0, 0.05) is 39.8 Å². The van der Waals surface area contributed by atoms with Crippen molar-refractivity contribution in [2.45, 2.75) is 25.0 Å². The predicted molar refractivity (Wildman–Crippen MR) is 63.7 cm³/mol. The van der Waals surface area contributed by atoms with Gasteiger partial charge in [-0.2, -0.15) is 0 Å². The van der Waals surface area contributed by atoms with Crippen molar-refractivity contribution in [3.8, 4) is 0 Å². The lowest BCUT2D eigenvalue weighted by Gasteiger charge is -2.35. The largest absolute Gasteiger partial charge is 0.381 e. The van der Waals surface area contributed by atoms with Gasteiger partial charge >= 0.3 is 0 Å². The first-order valence-corrected chi connectivity index (χ1v) is 6.33. The minimum absolute atomic E-state index is 0.452. The van der Waals surface area contributed by atoms with Crippen LogP contribution in [-0.2, 0) is 9.47 Å². The van der Waals surface area contributed by atoms with E-state index >= 15 is 0 Å². The normalized spacial score (nSPS) is 32.6. The summed E-state index contributed by atoms with van der Waals surface area (Å²) in [5, 5.41) is 0. The smallest absolute Gasteiger partial charge is 0.0625 e. The maximum Gasteiger partial charge on any atom is 0.0625 e. The van der Waals surface area contributed by atoms with E-state index in [1.54, 1.807) is 7.11 Å². The van der Waals surface area contributed by atoms with Gasteiger partial charge in [0.25, 0.3) is 0 Å². The molecule has 0 spiro atoms. The topological polar surface area (TPSA) is 24.9 Å². The van der Waals surface area contributed by atoms with Crippen LogP contribution in [0.5, 0.6) is 0 Å². The van der Waals surface area contributed by atoms with Crippen LogP contribution in [0.25, 0.3) is 0 Å². The molecule has 1 aliphatic carbocycles. The highest BCUT2D eigenvalue weighted by Crippen LogP contribution is 2.25. The molecule has 0 N–H and O–H groups in total. The van der Waals surface area contributed by atoms with Crippen LogP contribution in [0, 0.1) is 0 Å². The van der Waals surface area contributed by atoms with Crippen LogP contribution in [0.2, 0.25) is 0 Å². The van der Waals surface area contributed by atoms with E-state index in [4.69, 9.17) is 9.47 Å². The number of ether oxygens (including phenoxy) is 2. The van der Waals surface area contributed by atoms with Crippen LogP contribution >= 0.6 is 0 Å². The number of nitrogens with zero attached hydrogens (tertiary/aromatic N) is 2. The summed E-state index contributed by atoms with van der Waals surface area (Å²) in [6, 6.07) is 0. The third kappa shape index (κ3) is 3.42. The Morgan fingerprint density at radius 3 is 2.38 bits per heavy atom. The molecule has 0 bridgehead atoms. The molecule has 1 saturated carbocycles. The lowest BCUT2D eigenvalue weighted by Crippen LogP contribution is -2.46. The second-order valence-corrected chi connectivity index (χ2v) is 4.97. The van der Waals surface area contributed by atoms with E-state index in [1.165, 1.54) is 26.2 Å². The molecule has 16 heavy (non-hydrogen) atoms. The van der Waals surface area contributed by atoms with Gasteiger partial charge in [0.1, 0.15) is 0 Å². The van der Waals surface area contributed by atoms with E-state index in [-0.39, 0.29) is 0 Å². The molecule has 2 fully saturated rings. The molecule has 2 aliphatic rings. The molecular weight excluding hydrogens is 204 g/mol. The average Bonchev–Trinajstić information content (AvgIpc) is 2.24. The minimum Gasteiger partial charge on any atom is -0.381 e. The standard InChI is InChI=1S/C12H24N2O2/c1-13-3-5-14(6-4-13)7-8-16-12-9-11(10-12)15-2/h11-12H,3-10H2,1-2H3/t11-,12-. The maximum absolute atomic E-state index is 5.80. The van der Waals surface area contributed by atoms with Crippen molar-refractivity contribution in [2.24, 2.45) is 0 Å². The molecule has 0 radical (unpaired) electrons. The summed E-state index contributed by atoms with van der Waals surface area (Å²) < 4.78 is 11.0. The van der Waals surface area contributed by atoms with Gasteiger partial charge in [-0.05, 0) is 19.9 Å². The van der Waals surface area contributed by atoms with Gasteiger partial charge in [0.2, 0.25) is 0 Å². The summed E-state index contributed by atoms with van der Waals surface area (Å²) in [6.07, 6.45) is 3.07. The molecule has 0 aromatic heterocycles. The first-order valence-electron chi connectivity index (χ1n) is 6.33. The molecule has 4 nitrogen and oxygen atoms in total. The van der Waals surface area contributed by atoms with Crippen LogP contribution in [-0.4, -0.2) is 75.5 Å². The Morgan fingerprint density at radius 1 is 1.06 bits per heavy atom. The molecule has 2 rings (SSSR count). The molecule has 94 valence electrons. The fourth-order valence-corrected chi connectivity index (χ4v) is 2.27. The van der Waals surface area contributed by atoms with Crippen LogP contribution < -0.4 is 0 Å². The zero-order chi connectivity index (χ0) is 11.4. The predicted octanol–water partition coefficient (Wildman–Crippen LogP) is 0.428. The van der Waals surface area contributed by atoms with Crippen molar-refractivity contribution in [1.82, 2.24) is 9.80 Å². The molecular formula is C12H24N2O2. The molecule has 0 atom stereocenters. The van der Waals surface area contributed by atoms with Crippen LogP contribution in [0.1, 0.15) is 12.8 Å². The highest BCUT2D eigenvalue weighted by Gasteiger charge is 2.29. The molecule has 1 saturated heterocycles. The number of hydrogen-bond donors (Lipinski definition) is 0. The molecule has 0 amide bonds. The van der Waals surface area contributed by atoms with Crippen LogP contribution in [0.3, 0.4) is 0 Å². The van der Waals surface area contributed by atoms with Crippen molar-refractivity contribution in [3.63, 3.8) is 0 Å². The molecule has 4 heteroatoms. The van der Waals surface area contributed by atoms with Crippen molar-refractivity contribution < 1.29 is 9.47 Å². The van der Waals surface area contributed by atoms with Gasteiger partial charge in [0.15, 0.2) is 0 Å². The van der Waals surface area contributed by atoms with Crippen molar-refractivity contribution in [3.05, 3.63) is 0 Å². The van der Waals surface area contributed by atoms with Gasteiger partial charge in [0.05, 0.1) is 18.8 Å². The van der Waals surface area contributed by atoms with Gasteiger partial charge in [-0.3, -0.25) is 4.90 Å². The Hall–Kier alpha value is -0.160. The number of likely N-dealkylation sites (N-methyl/N-ethyl adjacent to an activating group) is 1. The fourth-order valence-electron chi connectivity index (χ4n) is 2.27. The van der Waals surface area contributed by atoms with E-state index in [0.717, 1.165) is 26.0 Å². The Bertz CT molecular complexity index is 199. The highest BCUT2D eigenvalue weighted by atomic mass is 16.5. The lowest BCUT2D eigenvalue weighted by molar-refractivity contribution is -0.0904. The molecule has 0 aromatic rings. The molecule has 0 unspecified atom stereocenters. The monoisotopic (exact) mass is 228 g/mol. The summed E-state index contributed by atoms with van der Waals surface area (Å²) >= 11 is 0. The number of methoxy groups -OCH3 is 1. The molecule has 0 aromatic carbocycles. The first kappa shape index (κ1) is 12.3. The van der Waals surface area contributed by atoms with Crippen molar-refractivity contribution in [2.75, 3.05) is 53.5 Å². The zero-order valence-corrected chi connectivity index (χ0v) is 10.5. The Kier molecular flexibility index (Phi) is 4.58. The quantitative estimate of drug-likeness (QED) is 0.681. The van der Waals surface area contributed by atoms with E-state index in [1.807, 2.05) is 0 Å². The van der Waals surface area contributed by atoms with Crippen LogP contribution in [0.4, 0.5) is 0 Å². The Balaban J connectivity index is 1.49. The lowest BCUT2D eigenvalue weighted by atomic mass is 9.92. The summed E-state index contributed by atoms with van der Waals surface area (Å²) in [7, 11) is 3.97. The third-order valence-corrected chi connectivity index (χ3v) is 3.74. The van der Waals surface area contributed by atoms with E-state index in [0.29, 0.717) is 12.2 Å². The van der Waals surface area contributed by atoms with Gasteiger partial charge in [-0.15, -0.1) is 0 Å². The van der Waals surface area contributed by atoms with Crippen molar-refractivity contribution in [1.29, 1.82) is 0 Å². The second kappa shape index (κ2) is 5.96. The minimum atomic E-state index is 0.452. The number of rotatable bonds is 5. The van der Waals surface area contributed by atoms with Gasteiger partial charge in [-0.25, -0.2) is 0 Å². The summed E-state index contributed by atoms with van der Waals surface area (Å²) in [6.45, 7) is 6.72. The Labute approximate surface area is 98.5 Å². The van der Waals surface area contributed by atoms with E-state index < -0.39 is 0 Å². The van der Waals surface area contributed by atoms with Crippen molar-refractivity contribution >= 4 is 0 Å². The highest BCUT2D eigenvalue weighted by molar-refractivity contribution is 4.80. The second-order valence-electron chi connectivity index (χ2n) is 4.97. The molecule has 1 aliphatic heterocycles. The number of piperazine rings is 1. The average molecular weight is 228 g/mol. The SMILES string of the molecule is CO[C@H]1C[C@H](OCCN2CCN(C)CC2)C1.